The van der Waals surface area contributed by atoms with Gasteiger partial charge in [0.1, 0.15) is 12.4 Å². The van der Waals surface area contributed by atoms with Crippen LogP contribution in [0.15, 0.2) is 60.0 Å². The van der Waals surface area contributed by atoms with Gasteiger partial charge in [-0.3, -0.25) is 4.31 Å². The number of benzene rings is 2. The maximum atomic E-state index is 13.1. The van der Waals surface area contributed by atoms with Crippen LogP contribution in [0.2, 0.25) is 0 Å². The molecule has 2 aromatic carbocycles. The second-order valence-corrected chi connectivity index (χ2v) is 7.14. The third-order valence-corrected chi connectivity index (χ3v) is 5.62. The van der Waals surface area contributed by atoms with Gasteiger partial charge in [0, 0.05) is 12.6 Å². The number of methoxy groups -OCH3 is 2. The van der Waals surface area contributed by atoms with Crippen LogP contribution in [0.3, 0.4) is 0 Å². The van der Waals surface area contributed by atoms with E-state index in [2.05, 4.69) is 6.58 Å². The first-order chi connectivity index (χ1) is 12.5. The molecule has 0 bridgehead atoms. The van der Waals surface area contributed by atoms with Crippen molar-refractivity contribution >= 4 is 15.7 Å². The van der Waals surface area contributed by atoms with Crippen LogP contribution in [-0.4, -0.2) is 35.8 Å². The molecule has 2 aromatic rings. The molecule has 0 N–H and O–H groups in total. The number of rotatable bonds is 9. The van der Waals surface area contributed by atoms with Crippen LogP contribution < -0.4 is 18.5 Å². The van der Waals surface area contributed by atoms with E-state index in [0.29, 0.717) is 29.5 Å². The van der Waals surface area contributed by atoms with Crippen molar-refractivity contribution in [3.63, 3.8) is 0 Å². The predicted octanol–water partition coefficient (Wildman–Crippen LogP) is 3.48. The molecule has 0 aliphatic carbocycles. The third-order valence-electron chi connectivity index (χ3n) is 3.72. The van der Waals surface area contributed by atoms with E-state index < -0.39 is 10.0 Å². The van der Waals surface area contributed by atoms with Crippen molar-refractivity contribution in [1.82, 2.24) is 0 Å². The lowest BCUT2D eigenvalue weighted by Crippen LogP contribution is -2.30. The summed E-state index contributed by atoms with van der Waals surface area (Å²) >= 11 is 0. The van der Waals surface area contributed by atoms with E-state index in [4.69, 9.17) is 14.2 Å². The molecule has 2 rings (SSSR count). The molecule has 6 nitrogen and oxygen atoms in total. The first-order valence-corrected chi connectivity index (χ1v) is 9.50. The Morgan fingerprint density at radius 1 is 1.04 bits per heavy atom. The zero-order valence-corrected chi connectivity index (χ0v) is 16.0. The van der Waals surface area contributed by atoms with Gasteiger partial charge >= 0.3 is 0 Å². The summed E-state index contributed by atoms with van der Waals surface area (Å²) in [5.74, 6) is 1.48. The molecular formula is C19H23NO5S. The Morgan fingerprint density at radius 2 is 1.69 bits per heavy atom. The number of anilines is 1. The summed E-state index contributed by atoms with van der Waals surface area (Å²) in [5, 5.41) is 0. The average molecular weight is 377 g/mol. The Morgan fingerprint density at radius 3 is 2.23 bits per heavy atom. The lowest BCUT2D eigenvalue weighted by molar-refractivity contribution is 0.354. The number of sulfonamides is 1. The molecule has 0 spiro atoms. The molecule has 0 fully saturated rings. The van der Waals surface area contributed by atoms with E-state index in [9.17, 15) is 8.42 Å². The van der Waals surface area contributed by atoms with E-state index in [1.165, 1.54) is 30.7 Å². The molecular weight excluding hydrogens is 354 g/mol. The average Bonchev–Trinajstić information content (AvgIpc) is 2.67. The monoisotopic (exact) mass is 377 g/mol. The highest BCUT2D eigenvalue weighted by Crippen LogP contribution is 2.32. The molecule has 0 heterocycles. The first-order valence-electron chi connectivity index (χ1n) is 8.06. The zero-order valence-electron chi connectivity index (χ0n) is 15.1. The van der Waals surface area contributed by atoms with Crippen LogP contribution in [0, 0.1) is 0 Å². The van der Waals surface area contributed by atoms with Crippen LogP contribution >= 0.6 is 0 Å². The normalized spacial score (nSPS) is 10.9. The van der Waals surface area contributed by atoms with Crippen LogP contribution in [0.4, 0.5) is 5.69 Å². The van der Waals surface area contributed by atoms with E-state index >= 15 is 0 Å². The Kier molecular flexibility index (Phi) is 6.52. The highest BCUT2D eigenvalue weighted by atomic mass is 32.2. The highest BCUT2D eigenvalue weighted by molar-refractivity contribution is 7.92. The van der Waals surface area contributed by atoms with Gasteiger partial charge in [0.05, 0.1) is 24.8 Å². The van der Waals surface area contributed by atoms with Gasteiger partial charge in [0.25, 0.3) is 10.0 Å². The predicted molar refractivity (Wildman–Crippen MR) is 102 cm³/mol. The smallest absolute Gasteiger partial charge is 0.264 e. The van der Waals surface area contributed by atoms with E-state index in [-0.39, 0.29) is 11.4 Å². The van der Waals surface area contributed by atoms with E-state index in [1.807, 2.05) is 0 Å². The molecule has 0 saturated carbocycles. The van der Waals surface area contributed by atoms with Gasteiger partial charge in [-0.25, -0.2) is 8.42 Å². The molecule has 0 aliphatic rings. The molecule has 0 aliphatic heterocycles. The molecule has 7 heteroatoms. The fourth-order valence-electron chi connectivity index (χ4n) is 2.46. The van der Waals surface area contributed by atoms with Crippen LogP contribution in [0.25, 0.3) is 0 Å². The Labute approximate surface area is 154 Å². The summed E-state index contributed by atoms with van der Waals surface area (Å²) < 4.78 is 43.3. The van der Waals surface area contributed by atoms with Crippen molar-refractivity contribution in [1.29, 1.82) is 0 Å². The lowest BCUT2D eigenvalue weighted by Gasteiger charge is -2.23. The second kappa shape index (κ2) is 8.62. The molecule has 0 radical (unpaired) electrons. The van der Waals surface area contributed by atoms with Gasteiger partial charge in [-0.2, -0.15) is 0 Å². The minimum atomic E-state index is -3.75. The summed E-state index contributed by atoms with van der Waals surface area (Å²) in [7, 11) is -0.784. The Balaban J connectivity index is 2.37. The topological polar surface area (TPSA) is 65.1 Å². The maximum absolute atomic E-state index is 13.1. The van der Waals surface area contributed by atoms with Crippen LogP contribution in [0.1, 0.15) is 6.92 Å². The third kappa shape index (κ3) is 4.11. The molecule has 0 unspecified atom stereocenters. The lowest BCUT2D eigenvalue weighted by atomic mass is 10.3. The SMILES string of the molecule is C=CCOc1ccc(N(CC)S(=O)(=O)c2ccc(OC)c(OC)c2)cc1. The molecule has 0 aromatic heterocycles. The van der Waals surface area contributed by atoms with Crippen molar-refractivity contribution in [2.45, 2.75) is 11.8 Å². The molecule has 0 atom stereocenters. The summed E-state index contributed by atoms with van der Waals surface area (Å²) in [4.78, 5) is 0.129. The van der Waals surface area contributed by atoms with Gasteiger partial charge < -0.3 is 14.2 Å². The minimum absolute atomic E-state index is 0.129. The summed E-state index contributed by atoms with van der Waals surface area (Å²) in [6.45, 7) is 6.04. The zero-order chi connectivity index (χ0) is 19.2. The van der Waals surface area contributed by atoms with Crippen molar-refractivity contribution in [3.8, 4) is 17.2 Å². The fraction of sp³-hybridized carbons (Fsp3) is 0.263. The van der Waals surface area contributed by atoms with Gasteiger partial charge in [-0.05, 0) is 43.3 Å². The largest absolute Gasteiger partial charge is 0.493 e. The summed E-state index contributed by atoms with van der Waals surface area (Å²) in [6, 6.07) is 11.4. The first kappa shape index (κ1) is 19.7. The minimum Gasteiger partial charge on any atom is -0.493 e. The van der Waals surface area contributed by atoms with E-state index in [1.54, 1.807) is 43.3 Å². The molecule has 0 saturated heterocycles. The number of hydrogen-bond acceptors (Lipinski definition) is 5. The Bertz CT molecular complexity index is 847. The van der Waals surface area contributed by atoms with Crippen molar-refractivity contribution in [2.75, 3.05) is 31.7 Å². The van der Waals surface area contributed by atoms with Crippen LogP contribution in [-0.2, 0) is 10.0 Å². The number of ether oxygens (including phenoxy) is 3. The fourth-order valence-corrected chi connectivity index (χ4v) is 3.95. The van der Waals surface area contributed by atoms with Gasteiger partial charge in [-0.15, -0.1) is 0 Å². The highest BCUT2D eigenvalue weighted by Gasteiger charge is 2.25. The maximum Gasteiger partial charge on any atom is 0.264 e. The van der Waals surface area contributed by atoms with Gasteiger partial charge in [0.2, 0.25) is 0 Å². The van der Waals surface area contributed by atoms with Gasteiger partial charge in [-0.1, -0.05) is 12.7 Å². The standard InChI is InChI=1S/C19H23NO5S/c1-5-13-25-16-9-7-15(8-10-16)20(6-2)26(21,22)17-11-12-18(23-3)19(14-17)24-4/h5,7-12,14H,1,6,13H2,2-4H3. The molecule has 140 valence electrons. The molecule has 0 amide bonds. The van der Waals surface area contributed by atoms with Crippen molar-refractivity contribution in [3.05, 3.63) is 55.1 Å². The number of hydrogen-bond donors (Lipinski definition) is 0. The Hall–Kier alpha value is -2.67. The quantitative estimate of drug-likeness (QED) is 0.626. The summed E-state index contributed by atoms with van der Waals surface area (Å²) in [5.41, 5.74) is 0.549. The second-order valence-electron chi connectivity index (χ2n) is 5.28. The molecule has 26 heavy (non-hydrogen) atoms. The van der Waals surface area contributed by atoms with E-state index in [0.717, 1.165) is 0 Å². The van der Waals surface area contributed by atoms with Crippen molar-refractivity contribution < 1.29 is 22.6 Å². The number of nitrogens with zero attached hydrogens (tertiary/aromatic N) is 1. The van der Waals surface area contributed by atoms with Crippen molar-refractivity contribution in [2.24, 2.45) is 0 Å². The van der Waals surface area contributed by atoms with Crippen LogP contribution in [0.5, 0.6) is 17.2 Å². The summed E-state index contributed by atoms with van der Waals surface area (Å²) in [6.07, 6.45) is 1.65. The van der Waals surface area contributed by atoms with Gasteiger partial charge in [0.15, 0.2) is 11.5 Å².